The van der Waals surface area contributed by atoms with Gasteiger partial charge >= 0.3 is 0 Å². The lowest BCUT2D eigenvalue weighted by Gasteiger charge is -2.26. The Hall–Kier alpha value is -1.62. The minimum absolute atomic E-state index is 0.00910. The van der Waals surface area contributed by atoms with Crippen LogP contribution in [0, 0.1) is 0 Å². The lowest BCUT2D eigenvalue weighted by atomic mass is 10.3. The van der Waals surface area contributed by atoms with E-state index >= 15 is 0 Å². The van der Waals surface area contributed by atoms with E-state index in [0.717, 1.165) is 4.31 Å². The van der Waals surface area contributed by atoms with Crippen LogP contribution in [0.25, 0.3) is 0 Å². The second kappa shape index (κ2) is 9.36. The first kappa shape index (κ1) is 20.7. The lowest BCUT2D eigenvalue weighted by Crippen LogP contribution is -2.41. The Kier molecular flexibility index (Phi) is 7.44. The van der Waals surface area contributed by atoms with Gasteiger partial charge in [-0.25, -0.2) is 12.7 Å². The van der Waals surface area contributed by atoms with Crippen molar-refractivity contribution in [2.45, 2.75) is 4.90 Å². The van der Waals surface area contributed by atoms with Crippen LogP contribution < -0.4 is 5.32 Å². The maximum atomic E-state index is 12.1. The van der Waals surface area contributed by atoms with Crippen molar-refractivity contribution in [2.75, 3.05) is 57.2 Å². The zero-order valence-corrected chi connectivity index (χ0v) is 16.4. The molecule has 1 N–H and O–H groups in total. The van der Waals surface area contributed by atoms with E-state index in [4.69, 9.17) is 4.74 Å². The van der Waals surface area contributed by atoms with Gasteiger partial charge in [-0.05, 0) is 18.2 Å². The van der Waals surface area contributed by atoms with Gasteiger partial charge in [0.1, 0.15) is 0 Å². The predicted molar refractivity (Wildman–Crippen MR) is 101 cm³/mol. The molecule has 10 heteroatoms. The van der Waals surface area contributed by atoms with E-state index in [1.807, 2.05) is 0 Å². The quantitative estimate of drug-likeness (QED) is 0.713. The van der Waals surface area contributed by atoms with Gasteiger partial charge < -0.3 is 15.0 Å². The molecule has 0 bridgehead atoms. The molecule has 0 radical (unpaired) electrons. The van der Waals surface area contributed by atoms with Crippen molar-refractivity contribution < 1.29 is 22.7 Å². The number of hydrogen-bond donors (Lipinski definition) is 1. The predicted octanol–water partition coefficient (Wildman–Crippen LogP) is 0.467. The molecule has 0 aromatic heterocycles. The summed E-state index contributed by atoms with van der Waals surface area (Å²) in [5.41, 5.74) is 0.401. The fourth-order valence-corrected chi connectivity index (χ4v) is 3.94. The summed E-state index contributed by atoms with van der Waals surface area (Å²) in [6.45, 7) is 2.25. The summed E-state index contributed by atoms with van der Waals surface area (Å²) in [5.74, 6) is 0.0396. The second-order valence-electron chi connectivity index (χ2n) is 5.85. The van der Waals surface area contributed by atoms with E-state index in [0.29, 0.717) is 32.0 Å². The molecular weight excluding hydrogens is 378 g/mol. The highest BCUT2D eigenvalue weighted by atomic mass is 32.2. The van der Waals surface area contributed by atoms with Crippen molar-refractivity contribution in [3.8, 4) is 0 Å². The molecule has 0 saturated carbocycles. The number of sulfonamides is 1. The van der Waals surface area contributed by atoms with Crippen LogP contribution in [0.1, 0.15) is 0 Å². The Morgan fingerprint density at radius 3 is 2.58 bits per heavy atom. The van der Waals surface area contributed by atoms with Gasteiger partial charge in [0.25, 0.3) is 0 Å². The third kappa shape index (κ3) is 5.70. The van der Waals surface area contributed by atoms with Crippen molar-refractivity contribution in [1.29, 1.82) is 0 Å². The third-order valence-electron chi connectivity index (χ3n) is 3.72. The Morgan fingerprint density at radius 2 is 1.92 bits per heavy atom. The summed E-state index contributed by atoms with van der Waals surface area (Å²) in [4.78, 5) is 25.9. The molecule has 0 spiro atoms. The molecule has 0 atom stereocenters. The molecule has 0 unspecified atom stereocenters. The average molecular weight is 402 g/mol. The summed E-state index contributed by atoms with van der Waals surface area (Å²) in [6.07, 6.45) is 0. The fourth-order valence-electron chi connectivity index (χ4n) is 2.28. The Balaban J connectivity index is 1.83. The molecule has 8 nitrogen and oxygen atoms in total. The van der Waals surface area contributed by atoms with Crippen LogP contribution in [0.15, 0.2) is 29.2 Å². The van der Waals surface area contributed by atoms with E-state index in [9.17, 15) is 18.0 Å². The van der Waals surface area contributed by atoms with Crippen LogP contribution >= 0.6 is 11.8 Å². The Bertz CT molecular complexity index is 746. The molecule has 26 heavy (non-hydrogen) atoms. The molecule has 1 aliphatic heterocycles. The number of carbonyl (C=O) groups is 2. The van der Waals surface area contributed by atoms with Crippen LogP contribution in [0.3, 0.4) is 0 Å². The van der Waals surface area contributed by atoms with Gasteiger partial charge in [-0.2, -0.15) is 0 Å². The molecule has 2 amide bonds. The number of carbonyl (C=O) groups excluding carboxylic acids is 2. The highest BCUT2D eigenvalue weighted by Crippen LogP contribution is 2.18. The average Bonchev–Trinajstić information content (AvgIpc) is 2.62. The molecule has 1 fully saturated rings. The first-order chi connectivity index (χ1) is 12.3. The van der Waals surface area contributed by atoms with Gasteiger partial charge in [0.15, 0.2) is 0 Å². The SMILES string of the molecule is CN(C)S(=O)(=O)c1cccc(NC(=O)CSCC(=O)N2CCOCC2)c1. The number of nitrogens with zero attached hydrogens (tertiary/aromatic N) is 2. The molecule has 1 aromatic rings. The third-order valence-corrected chi connectivity index (χ3v) is 6.45. The monoisotopic (exact) mass is 401 g/mol. The molecule has 1 aromatic carbocycles. The number of thioether (sulfide) groups is 1. The minimum Gasteiger partial charge on any atom is -0.378 e. The van der Waals surface area contributed by atoms with Crippen LogP contribution in [0.2, 0.25) is 0 Å². The molecule has 144 valence electrons. The largest absolute Gasteiger partial charge is 0.378 e. The molecule has 1 aliphatic rings. The van der Waals surface area contributed by atoms with Crippen molar-refractivity contribution in [2.24, 2.45) is 0 Å². The highest BCUT2D eigenvalue weighted by Gasteiger charge is 2.18. The lowest BCUT2D eigenvalue weighted by molar-refractivity contribution is -0.132. The summed E-state index contributed by atoms with van der Waals surface area (Å²) in [5, 5.41) is 2.66. The Morgan fingerprint density at radius 1 is 1.23 bits per heavy atom. The number of rotatable bonds is 7. The molecule has 1 heterocycles. The number of morpholine rings is 1. The number of anilines is 1. The Labute approximate surface area is 157 Å². The summed E-state index contributed by atoms with van der Waals surface area (Å²) < 4.78 is 30.6. The second-order valence-corrected chi connectivity index (χ2v) is 8.99. The molecule has 1 saturated heterocycles. The van der Waals surface area contributed by atoms with Gasteiger partial charge in [-0.15, -0.1) is 11.8 Å². The van der Waals surface area contributed by atoms with E-state index in [-0.39, 0.29) is 28.2 Å². The molecule has 2 rings (SSSR count). The maximum absolute atomic E-state index is 12.1. The highest BCUT2D eigenvalue weighted by molar-refractivity contribution is 8.00. The molecular formula is C16H23N3O5S2. The van der Waals surface area contributed by atoms with E-state index < -0.39 is 10.0 Å². The fraction of sp³-hybridized carbons (Fsp3) is 0.500. The normalized spacial score (nSPS) is 15.1. The van der Waals surface area contributed by atoms with Gasteiger partial charge in [-0.1, -0.05) is 6.07 Å². The zero-order chi connectivity index (χ0) is 19.2. The standard InChI is InChI=1S/C16H23N3O5S2/c1-18(2)26(22,23)14-5-3-4-13(10-14)17-15(20)11-25-12-16(21)19-6-8-24-9-7-19/h3-5,10H,6-9,11-12H2,1-2H3,(H,17,20). The van der Waals surface area contributed by atoms with E-state index in [1.165, 1.54) is 38.0 Å². The van der Waals surface area contributed by atoms with Crippen molar-refractivity contribution >= 4 is 39.3 Å². The first-order valence-corrected chi connectivity index (χ1v) is 10.7. The van der Waals surface area contributed by atoms with Gasteiger partial charge in [-0.3, -0.25) is 9.59 Å². The first-order valence-electron chi connectivity index (χ1n) is 8.06. The van der Waals surface area contributed by atoms with Crippen LogP contribution in [0.5, 0.6) is 0 Å². The number of hydrogen-bond acceptors (Lipinski definition) is 6. The van der Waals surface area contributed by atoms with Gasteiger partial charge in [0.05, 0.1) is 29.6 Å². The number of ether oxygens (including phenoxy) is 1. The van der Waals surface area contributed by atoms with Crippen molar-refractivity contribution in [3.63, 3.8) is 0 Å². The summed E-state index contributed by atoms with van der Waals surface area (Å²) in [6, 6.07) is 6.08. The maximum Gasteiger partial charge on any atom is 0.242 e. The molecule has 0 aliphatic carbocycles. The topological polar surface area (TPSA) is 96.0 Å². The zero-order valence-electron chi connectivity index (χ0n) is 14.8. The van der Waals surface area contributed by atoms with Crippen LogP contribution in [0.4, 0.5) is 5.69 Å². The summed E-state index contributed by atoms with van der Waals surface area (Å²) >= 11 is 1.23. The van der Waals surface area contributed by atoms with E-state index in [1.54, 1.807) is 17.0 Å². The van der Waals surface area contributed by atoms with E-state index in [2.05, 4.69) is 5.32 Å². The minimum atomic E-state index is -3.56. The van der Waals surface area contributed by atoms with Crippen LogP contribution in [-0.4, -0.2) is 81.3 Å². The van der Waals surface area contributed by atoms with Crippen molar-refractivity contribution in [3.05, 3.63) is 24.3 Å². The van der Waals surface area contributed by atoms with Crippen molar-refractivity contribution in [1.82, 2.24) is 9.21 Å². The number of benzene rings is 1. The smallest absolute Gasteiger partial charge is 0.242 e. The number of amides is 2. The van der Waals surface area contributed by atoms with Gasteiger partial charge in [0.2, 0.25) is 21.8 Å². The van der Waals surface area contributed by atoms with Gasteiger partial charge in [0, 0.05) is 32.9 Å². The summed E-state index contributed by atoms with van der Waals surface area (Å²) in [7, 11) is -0.665. The number of nitrogens with one attached hydrogen (secondary N) is 1. The van der Waals surface area contributed by atoms with Crippen LogP contribution in [-0.2, 0) is 24.3 Å².